The van der Waals surface area contributed by atoms with Crippen molar-refractivity contribution in [3.8, 4) is 11.9 Å². The summed E-state index contributed by atoms with van der Waals surface area (Å²) in [4.78, 5) is 9.66. The third kappa shape index (κ3) is 2.65. The molecule has 1 aliphatic heterocycles. The summed E-state index contributed by atoms with van der Waals surface area (Å²) in [6, 6.07) is 12.4. The Morgan fingerprint density at radius 3 is 2.57 bits per heavy atom. The lowest BCUT2D eigenvalue weighted by Gasteiger charge is -2.22. The maximum atomic E-state index is 10.0. The molecule has 1 atom stereocenters. The summed E-state index contributed by atoms with van der Waals surface area (Å²) in [6.07, 6.45) is 0.484. The lowest BCUT2D eigenvalue weighted by Crippen LogP contribution is -2.25. The fraction of sp³-hybridized carbons (Fsp3) is 0.286. The highest BCUT2D eigenvalue weighted by Gasteiger charge is 2.34. The first kappa shape index (κ1) is 17.9. The van der Waals surface area contributed by atoms with Crippen LogP contribution in [0.2, 0.25) is 0 Å². The maximum Gasteiger partial charge on any atom is 0.286 e. The van der Waals surface area contributed by atoms with Crippen molar-refractivity contribution in [1.82, 2.24) is 4.98 Å². The van der Waals surface area contributed by atoms with Gasteiger partial charge in [-0.2, -0.15) is 5.26 Å². The minimum atomic E-state index is -0.143. The van der Waals surface area contributed by atoms with E-state index in [1.165, 1.54) is 0 Å². The Bertz CT molecular complexity index is 1090. The van der Waals surface area contributed by atoms with Gasteiger partial charge in [-0.1, -0.05) is 30.3 Å². The monoisotopic (exact) mass is 375 g/mol. The zero-order valence-corrected chi connectivity index (χ0v) is 16.0. The van der Waals surface area contributed by atoms with Gasteiger partial charge < -0.3 is 15.4 Å². The second-order valence-corrected chi connectivity index (χ2v) is 6.80. The second kappa shape index (κ2) is 6.89. The van der Waals surface area contributed by atoms with Crippen LogP contribution < -0.4 is 26.1 Å². The highest BCUT2D eigenvalue weighted by Crippen LogP contribution is 2.43. The van der Waals surface area contributed by atoms with Gasteiger partial charge in [0.15, 0.2) is 0 Å². The zero-order valence-electron chi connectivity index (χ0n) is 16.0. The van der Waals surface area contributed by atoms with E-state index in [-0.39, 0.29) is 6.10 Å². The van der Waals surface area contributed by atoms with Crippen molar-refractivity contribution in [1.29, 1.82) is 5.26 Å². The summed E-state index contributed by atoms with van der Waals surface area (Å²) < 4.78 is 6.15. The minimum absolute atomic E-state index is 0.143. The molecule has 5 N–H and O–H groups in total. The molecule has 0 bridgehead atoms. The molecule has 7 heteroatoms. The van der Waals surface area contributed by atoms with Gasteiger partial charge in [0.1, 0.15) is 34.8 Å². The predicted molar refractivity (Wildman–Crippen MR) is 109 cm³/mol. The first-order valence-corrected chi connectivity index (χ1v) is 9.42. The average molecular weight is 375 g/mol. The number of hydrogen-bond acceptors (Lipinski definition) is 6. The summed E-state index contributed by atoms with van der Waals surface area (Å²) in [5.74, 6) is 1.85. The highest BCUT2D eigenvalue weighted by atomic mass is 16.5. The standard InChI is InChI=1S/C21H22N6O/c1-3-27(4-2)20-14(11-22)16-13-10-15(12-8-6-5-7-9-12)28-21(13)26-19(24)17(16)18(23)25-20/h5-9,15H,3-4,10H2,1-2H3,(H2,23,25)(H2,24,26)/p+1/t15-/m0/s1. The van der Waals surface area contributed by atoms with E-state index in [2.05, 4.69) is 16.0 Å². The molecule has 0 saturated carbocycles. The number of ether oxygens (including phenoxy) is 1. The quantitative estimate of drug-likeness (QED) is 0.724. The number of anilines is 3. The molecule has 1 aliphatic rings. The number of benzene rings is 1. The van der Waals surface area contributed by atoms with Crippen molar-refractivity contribution in [2.24, 2.45) is 0 Å². The largest absolute Gasteiger partial charge is 0.454 e. The van der Waals surface area contributed by atoms with Crippen molar-refractivity contribution in [3.63, 3.8) is 0 Å². The Labute approximate surface area is 163 Å². The van der Waals surface area contributed by atoms with Crippen molar-refractivity contribution in [3.05, 3.63) is 47.0 Å². The normalized spacial score (nSPS) is 15.1. The van der Waals surface area contributed by atoms with Gasteiger partial charge in [0, 0.05) is 24.9 Å². The van der Waals surface area contributed by atoms with Gasteiger partial charge in [-0.05, 0) is 19.4 Å². The minimum Gasteiger partial charge on any atom is -0.454 e. The van der Waals surface area contributed by atoms with Crippen LogP contribution in [0.4, 0.5) is 17.5 Å². The van der Waals surface area contributed by atoms with Crippen LogP contribution >= 0.6 is 0 Å². The number of aromatic amines is 1. The third-order valence-electron chi connectivity index (χ3n) is 5.30. The fourth-order valence-corrected chi connectivity index (χ4v) is 3.92. The molecule has 3 heterocycles. The van der Waals surface area contributed by atoms with Crippen molar-refractivity contribution in [2.45, 2.75) is 26.4 Å². The Kier molecular flexibility index (Phi) is 4.40. The van der Waals surface area contributed by atoms with Gasteiger partial charge >= 0.3 is 0 Å². The van der Waals surface area contributed by atoms with E-state index in [4.69, 9.17) is 16.2 Å². The number of pyridine rings is 2. The number of aromatic nitrogens is 2. The topological polar surface area (TPSA) is 115 Å². The first-order chi connectivity index (χ1) is 13.6. The van der Waals surface area contributed by atoms with Crippen LogP contribution in [0.5, 0.6) is 5.88 Å². The van der Waals surface area contributed by atoms with Crippen LogP contribution in [0.1, 0.15) is 36.6 Å². The fourth-order valence-electron chi connectivity index (χ4n) is 3.92. The molecule has 0 fully saturated rings. The molecule has 0 aliphatic carbocycles. The van der Waals surface area contributed by atoms with Crippen molar-refractivity contribution < 1.29 is 9.72 Å². The maximum absolute atomic E-state index is 10.0. The zero-order chi connectivity index (χ0) is 19.8. The summed E-state index contributed by atoms with van der Waals surface area (Å²) in [5, 5.41) is 11.3. The number of nitrogen functional groups attached to an aromatic ring is 2. The average Bonchev–Trinajstić information content (AvgIpc) is 3.13. The van der Waals surface area contributed by atoms with Crippen LogP contribution in [-0.4, -0.2) is 18.1 Å². The molecule has 7 nitrogen and oxygen atoms in total. The SMILES string of the molecule is CCN(CC)c1nc(N)c2c(N)[nH+]c3c(c2c1C#N)C[C@@H](c1ccccc1)O3. The highest BCUT2D eigenvalue weighted by molar-refractivity contribution is 6.05. The Morgan fingerprint density at radius 2 is 1.93 bits per heavy atom. The number of nitrogens with one attached hydrogen (secondary N) is 1. The van der Waals surface area contributed by atoms with Gasteiger partial charge in [0.2, 0.25) is 0 Å². The van der Waals surface area contributed by atoms with E-state index >= 15 is 0 Å². The lowest BCUT2D eigenvalue weighted by atomic mass is 9.97. The van der Waals surface area contributed by atoms with Crippen LogP contribution in [0.3, 0.4) is 0 Å². The summed E-state index contributed by atoms with van der Waals surface area (Å²) in [6.45, 7) is 5.50. The van der Waals surface area contributed by atoms with E-state index in [1.807, 2.05) is 49.1 Å². The molecule has 0 saturated heterocycles. The van der Waals surface area contributed by atoms with Gasteiger partial charge in [0.25, 0.3) is 11.7 Å². The molecule has 4 rings (SSSR count). The van der Waals surface area contributed by atoms with E-state index in [0.29, 0.717) is 40.7 Å². The Morgan fingerprint density at radius 1 is 1.21 bits per heavy atom. The number of hydrogen-bond donors (Lipinski definition) is 2. The molecular weight excluding hydrogens is 352 g/mol. The summed E-state index contributed by atoms with van der Waals surface area (Å²) in [7, 11) is 0. The number of fused-ring (bicyclic) bond motifs is 3. The van der Waals surface area contributed by atoms with Crippen LogP contribution in [0.25, 0.3) is 10.8 Å². The molecule has 1 aromatic carbocycles. The van der Waals surface area contributed by atoms with Gasteiger partial charge in [-0.15, -0.1) is 0 Å². The van der Waals surface area contributed by atoms with E-state index in [1.54, 1.807) is 0 Å². The van der Waals surface area contributed by atoms with Crippen LogP contribution in [-0.2, 0) is 6.42 Å². The molecule has 28 heavy (non-hydrogen) atoms. The van der Waals surface area contributed by atoms with E-state index in [9.17, 15) is 5.26 Å². The molecule has 0 amide bonds. The van der Waals surface area contributed by atoms with Gasteiger partial charge in [0.05, 0.1) is 5.56 Å². The van der Waals surface area contributed by atoms with Crippen molar-refractivity contribution >= 4 is 28.2 Å². The smallest absolute Gasteiger partial charge is 0.286 e. The predicted octanol–water partition coefficient (Wildman–Crippen LogP) is 2.61. The molecule has 0 unspecified atom stereocenters. The second-order valence-electron chi connectivity index (χ2n) is 6.80. The van der Waals surface area contributed by atoms with Crippen LogP contribution in [0, 0.1) is 11.3 Å². The first-order valence-electron chi connectivity index (χ1n) is 9.42. The molecule has 0 radical (unpaired) electrons. The number of H-pyrrole nitrogens is 1. The molecule has 142 valence electrons. The molecule has 0 spiro atoms. The lowest BCUT2D eigenvalue weighted by molar-refractivity contribution is -0.376. The van der Waals surface area contributed by atoms with Crippen molar-refractivity contribution in [2.75, 3.05) is 29.5 Å². The van der Waals surface area contributed by atoms with Crippen LogP contribution in [0.15, 0.2) is 30.3 Å². The number of nitriles is 1. The molecular formula is C21H23N6O+. The Hall–Kier alpha value is -3.53. The number of rotatable bonds is 4. The summed E-state index contributed by atoms with van der Waals surface area (Å²) >= 11 is 0. The number of nitrogens with zero attached hydrogens (tertiary/aromatic N) is 3. The van der Waals surface area contributed by atoms with Gasteiger partial charge in [-0.3, -0.25) is 5.73 Å². The Balaban J connectivity index is 1.97. The molecule has 3 aromatic rings. The number of nitrogens with two attached hydrogens (primary N) is 2. The van der Waals surface area contributed by atoms with E-state index in [0.717, 1.165) is 29.6 Å². The summed E-state index contributed by atoms with van der Waals surface area (Å²) in [5.41, 5.74) is 15.0. The third-order valence-corrected chi connectivity index (χ3v) is 5.30. The molecule has 2 aromatic heterocycles. The van der Waals surface area contributed by atoms with E-state index < -0.39 is 0 Å². The van der Waals surface area contributed by atoms with Gasteiger partial charge in [-0.25, -0.2) is 9.97 Å².